The lowest BCUT2D eigenvalue weighted by atomic mass is 10.1. The minimum absolute atomic E-state index is 0.0472. The Kier molecular flexibility index (Phi) is 5.86. The normalized spacial score (nSPS) is 22.5. The molecule has 0 amide bonds. The number of carbonyl (C=O) groups is 2. The van der Waals surface area contributed by atoms with E-state index in [1.807, 2.05) is 13.8 Å². The Labute approximate surface area is 113 Å². The maximum Gasteiger partial charge on any atom is 0.376 e. The molecule has 0 aromatic carbocycles. The number of hydrogen-bond acceptors (Lipinski definition) is 5. The van der Waals surface area contributed by atoms with E-state index in [2.05, 4.69) is 0 Å². The van der Waals surface area contributed by atoms with E-state index in [-0.39, 0.29) is 23.8 Å². The van der Waals surface area contributed by atoms with Gasteiger partial charge in [-0.25, -0.2) is 4.79 Å². The predicted octanol–water partition coefficient (Wildman–Crippen LogP) is 2.34. The number of Topliss-reactive ketones (excluding diaryl/α,β-unsaturated/α-hetero) is 1. The van der Waals surface area contributed by atoms with Crippen LogP contribution in [0.4, 0.5) is 0 Å². The summed E-state index contributed by atoms with van der Waals surface area (Å²) in [5.41, 5.74) is 0. The molecule has 0 fully saturated rings. The van der Waals surface area contributed by atoms with Crippen molar-refractivity contribution in [1.29, 1.82) is 0 Å². The van der Waals surface area contributed by atoms with E-state index >= 15 is 0 Å². The van der Waals surface area contributed by atoms with Gasteiger partial charge in [0, 0.05) is 12.8 Å². The summed E-state index contributed by atoms with van der Waals surface area (Å²) in [5, 5.41) is 0. The maximum absolute atomic E-state index is 11.7. The van der Waals surface area contributed by atoms with Crippen LogP contribution in [0.5, 0.6) is 0 Å². The Morgan fingerprint density at radius 1 is 1.16 bits per heavy atom. The molecular formula is C14H22O5. The number of allylic oxidation sites excluding steroid dienone is 1. The molecule has 5 nitrogen and oxygen atoms in total. The molecule has 1 heterocycles. The Balaban J connectivity index is 2.95. The van der Waals surface area contributed by atoms with Gasteiger partial charge >= 0.3 is 5.97 Å². The first-order valence-electron chi connectivity index (χ1n) is 6.67. The van der Waals surface area contributed by atoms with Crippen molar-refractivity contribution in [3.8, 4) is 0 Å². The second-order valence-corrected chi connectivity index (χ2v) is 4.57. The van der Waals surface area contributed by atoms with Crippen LogP contribution in [-0.2, 0) is 23.8 Å². The zero-order valence-electron chi connectivity index (χ0n) is 12.0. The smallest absolute Gasteiger partial charge is 0.376 e. The predicted molar refractivity (Wildman–Crippen MR) is 69.3 cm³/mol. The van der Waals surface area contributed by atoms with Crippen molar-refractivity contribution < 1.29 is 23.8 Å². The van der Waals surface area contributed by atoms with Crippen LogP contribution in [-0.4, -0.2) is 31.1 Å². The van der Waals surface area contributed by atoms with Gasteiger partial charge in [-0.3, -0.25) is 0 Å². The zero-order chi connectivity index (χ0) is 14.4. The Morgan fingerprint density at radius 2 is 1.74 bits per heavy atom. The highest BCUT2D eigenvalue weighted by molar-refractivity contribution is 5.87. The van der Waals surface area contributed by atoms with E-state index in [1.165, 1.54) is 14.0 Å². The summed E-state index contributed by atoms with van der Waals surface area (Å²) < 4.78 is 16.2. The first kappa shape index (κ1) is 15.5. The molecule has 0 aliphatic carbocycles. The van der Waals surface area contributed by atoms with E-state index < -0.39 is 5.97 Å². The van der Waals surface area contributed by atoms with Crippen molar-refractivity contribution in [3.63, 3.8) is 0 Å². The first-order valence-corrected chi connectivity index (χ1v) is 6.67. The quantitative estimate of drug-likeness (QED) is 0.693. The van der Waals surface area contributed by atoms with E-state index in [9.17, 15) is 9.59 Å². The first-order chi connectivity index (χ1) is 9.03. The number of methoxy groups -OCH3 is 1. The summed E-state index contributed by atoms with van der Waals surface area (Å²) in [6.45, 7) is 5.49. The lowest BCUT2D eigenvalue weighted by Crippen LogP contribution is -2.37. The molecule has 0 unspecified atom stereocenters. The van der Waals surface area contributed by atoms with Gasteiger partial charge in [0.1, 0.15) is 23.8 Å². The maximum atomic E-state index is 11.7. The third kappa shape index (κ3) is 3.98. The van der Waals surface area contributed by atoms with Crippen molar-refractivity contribution >= 4 is 11.8 Å². The van der Waals surface area contributed by atoms with Crippen LogP contribution >= 0.6 is 0 Å². The van der Waals surface area contributed by atoms with E-state index in [0.717, 1.165) is 12.8 Å². The summed E-state index contributed by atoms with van der Waals surface area (Å²) in [7, 11) is 1.30. The van der Waals surface area contributed by atoms with Crippen LogP contribution in [0.25, 0.3) is 0 Å². The molecule has 0 bridgehead atoms. The second kappa shape index (κ2) is 7.16. The summed E-state index contributed by atoms with van der Waals surface area (Å²) >= 11 is 0. The summed E-state index contributed by atoms with van der Waals surface area (Å²) in [6.07, 6.45) is 2.00. The molecule has 0 aromatic rings. The molecule has 19 heavy (non-hydrogen) atoms. The standard InChI is InChI=1S/C14H22O5/c1-5-10-11(6-2)19-13(14(16)17-4)12(18-10)8-7-9(3)15/h10-11H,5-8H2,1-4H3/t10-,11-/m0/s1. The molecule has 108 valence electrons. The fourth-order valence-electron chi connectivity index (χ4n) is 2.01. The molecular weight excluding hydrogens is 248 g/mol. The molecule has 5 heteroatoms. The van der Waals surface area contributed by atoms with Gasteiger partial charge in [-0.15, -0.1) is 0 Å². The third-order valence-electron chi connectivity index (χ3n) is 3.11. The summed E-state index contributed by atoms with van der Waals surface area (Å²) in [6, 6.07) is 0. The highest BCUT2D eigenvalue weighted by atomic mass is 16.6. The number of hydrogen-bond donors (Lipinski definition) is 0. The number of carbonyl (C=O) groups excluding carboxylic acids is 2. The zero-order valence-corrected chi connectivity index (χ0v) is 12.0. The monoisotopic (exact) mass is 270 g/mol. The number of rotatable bonds is 6. The Bertz CT molecular complexity index is 372. The van der Waals surface area contributed by atoms with Gasteiger partial charge in [0.05, 0.1) is 7.11 Å². The third-order valence-corrected chi connectivity index (χ3v) is 3.11. The lowest BCUT2D eigenvalue weighted by Gasteiger charge is -2.34. The van der Waals surface area contributed by atoms with Crippen molar-refractivity contribution in [2.24, 2.45) is 0 Å². The molecule has 1 rings (SSSR count). The summed E-state index contributed by atoms with van der Waals surface area (Å²) in [4.78, 5) is 22.8. The average Bonchev–Trinajstić information content (AvgIpc) is 2.42. The second-order valence-electron chi connectivity index (χ2n) is 4.57. The molecule has 0 saturated carbocycles. The van der Waals surface area contributed by atoms with Crippen LogP contribution in [0.15, 0.2) is 11.5 Å². The highest BCUT2D eigenvalue weighted by Crippen LogP contribution is 2.29. The van der Waals surface area contributed by atoms with E-state index in [0.29, 0.717) is 18.6 Å². The van der Waals surface area contributed by atoms with Gasteiger partial charge < -0.3 is 19.0 Å². The van der Waals surface area contributed by atoms with Gasteiger partial charge in [0.25, 0.3) is 0 Å². The SMILES string of the molecule is CC[C@@H]1OC(CCC(C)=O)=C(C(=O)OC)O[C@H]1CC. The number of esters is 1. The Morgan fingerprint density at radius 3 is 2.21 bits per heavy atom. The fraction of sp³-hybridized carbons (Fsp3) is 0.714. The van der Waals surface area contributed by atoms with Crippen LogP contribution < -0.4 is 0 Å². The van der Waals surface area contributed by atoms with E-state index in [4.69, 9.17) is 14.2 Å². The van der Waals surface area contributed by atoms with Gasteiger partial charge in [0.15, 0.2) is 0 Å². The molecule has 0 saturated heterocycles. The minimum atomic E-state index is -0.549. The fourth-order valence-corrected chi connectivity index (χ4v) is 2.01. The lowest BCUT2D eigenvalue weighted by molar-refractivity contribution is -0.148. The van der Waals surface area contributed by atoms with Gasteiger partial charge in [-0.05, 0) is 19.8 Å². The van der Waals surface area contributed by atoms with Crippen LogP contribution in [0, 0.1) is 0 Å². The van der Waals surface area contributed by atoms with Crippen molar-refractivity contribution in [1.82, 2.24) is 0 Å². The molecule has 2 atom stereocenters. The highest BCUT2D eigenvalue weighted by Gasteiger charge is 2.34. The number of ether oxygens (including phenoxy) is 3. The van der Waals surface area contributed by atoms with Gasteiger partial charge in [-0.1, -0.05) is 13.8 Å². The van der Waals surface area contributed by atoms with Crippen molar-refractivity contribution in [3.05, 3.63) is 11.5 Å². The molecule has 0 aromatic heterocycles. The van der Waals surface area contributed by atoms with Gasteiger partial charge in [0.2, 0.25) is 5.76 Å². The topological polar surface area (TPSA) is 61.8 Å². The Hall–Kier alpha value is -1.52. The van der Waals surface area contributed by atoms with Crippen LogP contribution in [0.1, 0.15) is 46.5 Å². The van der Waals surface area contributed by atoms with Gasteiger partial charge in [-0.2, -0.15) is 0 Å². The minimum Gasteiger partial charge on any atom is -0.487 e. The van der Waals surface area contributed by atoms with Crippen molar-refractivity contribution in [2.75, 3.05) is 7.11 Å². The summed E-state index contributed by atoms with van der Waals surface area (Å²) in [5.74, 6) is 0.0384. The molecule has 0 N–H and O–H groups in total. The van der Waals surface area contributed by atoms with Crippen LogP contribution in [0.2, 0.25) is 0 Å². The average molecular weight is 270 g/mol. The molecule has 0 spiro atoms. The largest absolute Gasteiger partial charge is 0.487 e. The van der Waals surface area contributed by atoms with Crippen LogP contribution in [0.3, 0.4) is 0 Å². The van der Waals surface area contributed by atoms with E-state index in [1.54, 1.807) is 0 Å². The molecule has 0 radical (unpaired) electrons. The van der Waals surface area contributed by atoms with Crippen molar-refractivity contribution in [2.45, 2.75) is 58.7 Å². The molecule has 1 aliphatic rings. The number of ketones is 1. The molecule has 1 aliphatic heterocycles.